The van der Waals surface area contributed by atoms with Gasteiger partial charge in [-0.25, -0.2) is 0 Å². The highest BCUT2D eigenvalue weighted by molar-refractivity contribution is 6.36. The van der Waals surface area contributed by atoms with E-state index in [-0.39, 0.29) is 0 Å². The molecule has 0 radical (unpaired) electrons. The molecule has 3 nitrogen and oxygen atoms in total. The van der Waals surface area contributed by atoms with Crippen LogP contribution in [0, 0.1) is 0 Å². The van der Waals surface area contributed by atoms with Crippen molar-refractivity contribution in [2.75, 3.05) is 19.8 Å². The van der Waals surface area contributed by atoms with Gasteiger partial charge in [-0.05, 0) is 19.3 Å². The van der Waals surface area contributed by atoms with Crippen LogP contribution in [0.3, 0.4) is 0 Å². The van der Waals surface area contributed by atoms with Crippen LogP contribution >= 0.6 is 0 Å². The molecule has 0 fully saturated rings. The Morgan fingerprint density at radius 3 is 0.510 bits per heavy atom. The van der Waals surface area contributed by atoms with Gasteiger partial charge in [0.15, 0.2) is 0 Å². The van der Waals surface area contributed by atoms with Crippen LogP contribution in [-0.2, 0) is 14.0 Å². The van der Waals surface area contributed by atoms with E-state index >= 15 is 0 Å². The molecule has 0 saturated heterocycles. The molecule has 0 aromatic heterocycles. The molecule has 0 heterocycles. The number of hydrogen-bond acceptors (Lipinski definition) is 3. The maximum absolute atomic E-state index is 6.12. The summed E-state index contributed by atoms with van der Waals surface area (Å²) in [7, 11) is -0.466. The Labute approximate surface area is 311 Å². The zero-order valence-electron chi connectivity index (χ0n) is 34.5. The standard InChI is InChI=1S/C45H93BO3/c1-4-7-10-13-16-19-22-25-28-31-34-37-40-43-47-46(48-44-41-38-35-32-29-26-23-20-17-14-11-8-5-2)49-45-42-39-36-33-30-27-24-21-18-15-12-9-6-3/h4-45H2,1-3H3. The largest absolute Gasteiger partial charge is 0.639 e. The molecule has 0 aromatic rings. The first kappa shape index (κ1) is 48.9. The molecule has 0 aliphatic heterocycles. The third-order valence-corrected chi connectivity index (χ3v) is 10.5. The monoisotopic (exact) mass is 693 g/mol. The average molecular weight is 693 g/mol. The Kier molecular flexibility index (Phi) is 45.9. The molecule has 49 heavy (non-hydrogen) atoms. The van der Waals surface area contributed by atoms with Gasteiger partial charge in [-0.2, -0.15) is 0 Å². The minimum atomic E-state index is -0.466. The van der Waals surface area contributed by atoms with Gasteiger partial charge in [-0.1, -0.05) is 252 Å². The summed E-state index contributed by atoms with van der Waals surface area (Å²) in [4.78, 5) is 0. The Bertz CT molecular complexity index is 483. The third kappa shape index (κ3) is 44.0. The van der Waals surface area contributed by atoms with E-state index in [1.807, 2.05) is 0 Å². The van der Waals surface area contributed by atoms with E-state index in [0.29, 0.717) is 0 Å². The van der Waals surface area contributed by atoms with Crippen LogP contribution < -0.4 is 0 Å². The quantitative estimate of drug-likeness (QED) is 0.0470. The first-order valence-corrected chi connectivity index (χ1v) is 23.2. The van der Waals surface area contributed by atoms with Gasteiger partial charge in [-0.15, -0.1) is 0 Å². The molecule has 0 aliphatic rings. The summed E-state index contributed by atoms with van der Waals surface area (Å²) in [5.41, 5.74) is 0. The van der Waals surface area contributed by atoms with Gasteiger partial charge in [0.1, 0.15) is 0 Å². The van der Waals surface area contributed by atoms with Crippen LogP contribution in [0.1, 0.15) is 271 Å². The summed E-state index contributed by atoms with van der Waals surface area (Å²) >= 11 is 0. The van der Waals surface area contributed by atoms with E-state index in [1.165, 1.54) is 231 Å². The van der Waals surface area contributed by atoms with Crippen molar-refractivity contribution < 1.29 is 14.0 Å². The molecule has 0 amide bonds. The van der Waals surface area contributed by atoms with Gasteiger partial charge in [-0.3, -0.25) is 0 Å². The van der Waals surface area contributed by atoms with E-state index in [4.69, 9.17) is 14.0 Å². The van der Waals surface area contributed by atoms with Crippen molar-refractivity contribution in [3.63, 3.8) is 0 Å². The highest BCUT2D eigenvalue weighted by Crippen LogP contribution is 2.15. The van der Waals surface area contributed by atoms with Crippen molar-refractivity contribution in [3.8, 4) is 0 Å². The van der Waals surface area contributed by atoms with E-state index in [0.717, 1.165) is 39.1 Å². The molecule has 4 heteroatoms. The minimum absolute atomic E-state index is 0.466. The van der Waals surface area contributed by atoms with Crippen LogP contribution in [0.2, 0.25) is 0 Å². The smallest absolute Gasteiger partial charge is 0.386 e. The third-order valence-electron chi connectivity index (χ3n) is 10.5. The lowest BCUT2D eigenvalue weighted by atomic mass is 10.0. The van der Waals surface area contributed by atoms with Crippen LogP contribution in [-0.4, -0.2) is 27.1 Å². The fourth-order valence-electron chi connectivity index (χ4n) is 7.04. The lowest BCUT2D eigenvalue weighted by Crippen LogP contribution is -2.28. The molecular formula is C45H93BO3. The first-order valence-electron chi connectivity index (χ1n) is 23.2. The molecule has 0 aliphatic carbocycles. The summed E-state index contributed by atoms with van der Waals surface area (Å²) in [6.45, 7) is 9.19. The maximum atomic E-state index is 6.12. The van der Waals surface area contributed by atoms with Gasteiger partial charge in [0.25, 0.3) is 0 Å². The molecule has 0 spiro atoms. The van der Waals surface area contributed by atoms with Gasteiger partial charge in [0.05, 0.1) is 0 Å². The lowest BCUT2D eigenvalue weighted by molar-refractivity contribution is 0.0885. The van der Waals surface area contributed by atoms with Gasteiger partial charge in [0, 0.05) is 19.8 Å². The van der Waals surface area contributed by atoms with Crippen LogP contribution in [0.25, 0.3) is 0 Å². The number of rotatable bonds is 45. The molecule has 0 saturated carbocycles. The molecule has 0 rings (SSSR count). The van der Waals surface area contributed by atoms with Crippen molar-refractivity contribution >= 4 is 7.32 Å². The predicted molar refractivity (Wildman–Crippen MR) is 221 cm³/mol. The lowest BCUT2D eigenvalue weighted by Gasteiger charge is -2.15. The normalized spacial score (nSPS) is 11.6. The zero-order valence-corrected chi connectivity index (χ0v) is 34.5. The van der Waals surface area contributed by atoms with E-state index in [9.17, 15) is 0 Å². The highest BCUT2D eigenvalue weighted by Gasteiger charge is 2.20. The molecule has 0 bridgehead atoms. The van der Waals surface area contributed by atoms with Crippen molar-refractivity contribution in [1.82, 2.24) is 0 Å². The van der Waals surface area contributed by atoms with Crippen molar-refractivity contribution in [3.05, 3.63) is 0 Å². The molecule has 294 valence electrons. The van der Waals surface area contributed by atoms with Gasteiger partial charge >= 0.3 is 7.32 Å². The van der Waals surface area contributed by atoms with Gasteiger partial charge < -0.3 is 14.0 Å². The molecule has 0 N–H and O–H groups in total. The summed E-state index contributed by atoms with van der Waals surface area (Å²) in [5.74, 6) is 0. The summed E-state index contributed by atoms with van der Waals surface area (Å²) in [5, 5.41) is 0. The fourth-order valence-corrected chi connectivity index (χ4v) is 7.04. The highest BCUT2D eigenvalue weighted by atomic mass is 16.7. The molecular weight excluding hydrogens is 599 g/mol. The van der Waals surface area contributed by atoms with Crippen molar-refractivity contribution in [2.45, 2.75) is 271 Å². The molecule has 0 unspecified atom stereocenters. The maximum Gasteiger partial charge on any atom is 0.639 e. The number of hydrogen-bond donors (Lipinski definition) is 0. The molecule has 0 aromatic carbocycles. The SMILES string of the molecule is CCCCCCCCCCCCCCCOB(OCCCCCCCCCCCCCCC)OCCCCCCCCCCCCCCC. The minimum Gasteiger partial charge on any atom is -0.386 e. The van der Waals surface area contributed by atoms with Crippen LogP contribution in [0.5, 0.6) is 0 Å². The van der Waals surface area contributed by atoms with E-state index in [1.54, 1.807) is 0 Å². The van der Waals surface area contributed by atoms with Crippen LogP contribution in [0.4, 0.5) is 0 Å². The second-order valence-electron chi connectivity index (χ2n) is 15.6. The Morgan fingerprint density at radius 1 is 0.204 bits per heavy atom. The second kappa shape index (κ2) is 46.0. The van der Waals surface area contributed by atoms with E-state index < -0.39 is 7.32 Å². The Morgan fingerprint density at radius 2 is 0.347 bits per heavy atom. The zero-order chi connectivity index (χ0) is 35.4. The summed E-state index contributed by atoms with van der Waals surface area (Å²) in [6, 6.07) is 0. The topological polar surface area (TPSA) is 27.7 Å². The Hall–Kier alpha value is -0.0551. The summed E-state index contributed by atoms with van der Waals surface area (Å²) < 4.78 is 18.4. The molecule has 0 atom stereocenters. The van der Waals surface area contributed by atoms with Gasteiger partial charge in [0.2, 0.25) is 0 Å². The second-order valence-corrected chi connectivity index (χ2v) is 15.6. The van der Waals surface area contributed by atoms with Crippen molar-refractivity contribution in [1.29, 1.82) is 0 Å². The average Bonchev–Trinajstić information content (AvgIpc) is 3.11. The van der Waals surface area contributed by atoms with Crippen molar-refractivity contribution in [2.24, 2.45) is 0 Å². The predicted octanol–water partition coefficient (Wildman–Crippen LogP) is 16.3. The van der Waals surface area contributed by atoms with E-state index in [2.05, 4.69) is 20.8 Å². The fraction of sp³-hybridized carbons (Fsp3) is 1.00. The summed E-state index contributed by atoms with van der Waals surface area (Å²) in [6.07, 6.45) is 53.7. The number of unbranched alkanes of at least 4 members (excludes halogenated alkanes) is 36. The Balaban J connectivity index is 3.93. The first-order chi connectivity index (χ1) is 24.3. The van der Waals surface area contributed by atoms with Crippen LogP contribution in [0.15, 0.2) is 0 Å².